The number of aliphatic imine (C=N–C) groups is 1. The van der Waals surface area contributed by atoms with Gasteiger partial charge in [0.2, 0.25) is 0 Å². The number of aromatic nitrogens is 1. The molecule has 0 radical (unpaired) electrons. The number of piperidine rings is 1. The third-order valence-corrected chi connectivity index (χ3v) is 5.34. The van der Waals surface area contributed by atoms with Gasteiger partial charge in [-0.15, -0.1) is 0 Å². The Kier molecular flexibility index (Phi) is 11.8. The first kappa shape index (κ1) is 29.2. The van der Waals surface area contributed by atoms with Gasteiger partial charge in [-0.3, -0.25) is 19.0 Å². The van der Waals surface area contributed by atoms with Crippen LogP contribution in [-0.4, -0.2) is 57.9 Å². The molecule has 1 amide bonds. The zero-order valence-electron chi connectivity index (χ0n) is 20.9. The Morgan fingerprint density at radius 1 is 1.36 bits per heavy atom. The van der Waals surface area contributed by atoms with E-state index in [2.05, 4.69) is 25.9 Å². The van der Waals surface area contributed by atoms with Crippen molar-refractivity contribution in [3.05, 3.63) is 59.4 Å². The smallest absolute Gasteiger partial charge is 0.251 e. The van der Waals surface area contributed by atoms with E-state index in [1.165, 1.54) is 31.6 Å². The van der Waals surface area contributed by atoms with Crippen LogP contribution in [0.4, 0.5) is 8.78 Å². The fraction of sp³-hybridized carbons (Fsp3) is 0.400. The number of hydrogen-bond donors (Lipinski definition) is 3. The van der Waals surface area contributed by atoms with Gasteiger partial charge in [0.15, 0.2) is 0 Å². The first-order valence-electron chi connectivity index (χ1n) is 11.6. The van der Waals surface area contributed by atoms with Crippen LogP contribution in [0.2, 0.25) is 0 Å². The van der Waals surface area contributed by atoms with Crippen LogP contribution >= 0.6 is 0 Å². The predicted octanol–water partition coefficient (Wildman–Crippen LogP) is 3.59. The molecular weight excluding hydrogens is 488 g/mol. The lowest BCUT2D eigenvalue weighted by Crippen LogP contribution is -2.31. The molecule has 1 aromatic heterocycles. The maximum absolute atomic E-state index is 15.2. The number of rotatable bonds is 6. The Morgan fingerprint density at radius 3 is 2.64 bits per heavy atom. The lowest BCUT2D eigenvalue weighted by atomic mass is 9.98. The summed E-state index contributed by atoms with van der Waals surface area (Å²) in [6.07, 6.45) is 7.84. The van der Waals surface area contributed by atoms with Crippen LogP contribution in [0.5, 0.6) is 0 Å². The molecule has 0 saturated carbocycles. The first-order chi connectivity index (χ1) is 17.2. The second-order valence-electron chi connectivity index (χ2n) is 8.05. The van der Waals surface area contributed by atoms with Gasteiger partial charge >= 0.3 is 0 Å². The molecule has 2 heterocycles. The number of nitrogens with one attached hydrogen (secondary N) is 3. The van der Waals surface area contributed by atoms with Crippen molar-refractivity contribution in [3.8, 4) is 0 Å². The zero-order valence-corrected chi connectivity index (χ0v) is 21.7. The topological polar surface area (TPSA) is 119 Å². The number of fused-ring (bicyclic) bond motifs is 1. The predicted molar refractivity (Wildman–Crippen MR) is 140 cm³/mol. The number of benzene rings is 1. The summed E-state index contributed by atoms with van der Waals surface area (Å²) in [5.74, 6) is -0.901. The zero-order chi connectivity index (χ0) is 26.7. The fourth-order valence-corrected chi connectivity index (χ4v) is 3.75. The molecule has 3 rings (SSSR count). The van der Waals surface area contributed by atoms with Gasteiger partial charge in [0, 0.05) is 30.4 Å². The van der Waals surface area contributed by atoms with E-state index in [1.807, 2.05) is 6.92 Å². The molecule has 1 unspecified atom stereocenters. The highest BCUT2D eigenvalue weighted by molar-refractivity contribution is 7.78. The van der Waals surface area contributed by atoms with Gasteiger partial charge in [0.25, 0.3) is 5.91 Å². The maximum Gasteiger partial charge on any atom is 0.251 e. The van der Waals surface area contributed by atoms with Gasteiger partial charge in [-0.2, -0.15) is 0 Å². The van der Waals surface area contributed by atoms with E-state index in [0.717, 1.165) is 32.2 Å². The van der Waals surface area contributed by atoms with E-state index >= 15 is 4.39 Å². The number of pyridine rings is 1. The van der Waals surface area contributed by atoms with E-state index in [-0.39, 0.29) is 28.6 Å². The van der Waals surface area contributed by atoms with Crippen molar-refractivity contribution in [1.82, 2.24) is 20.9 Å². The van der Waals surface area contributed by atoms with Crippen LogP contribution < -0.4 is 16.0 Å². The average Bonchev–Trinajstić information content (AvgIpc) is 2.85. The minimum Gasteiger partial charge on any atom is -0.773 e. The van der Waals surface area contributed by atoms with E-state index in [1.54, 1.807) is 19.1 Å². The molecule has 3 N–H and O–H groups in total. The van der Waals surface area contributed by atoms with Crippen LogP contribution in [0.1, 0.15) is 49.0 Å². The summed E-state index contributed by atoms with van der Waals surface area (Å²) in [6.45, 7) is 5.52. The molecule has 2 aromatic rings. The van der Waals surface area contributed by atoms with Crippen LogP contribution in [0.3, 0.4) is 0 Å². The summed E-state index contributed by atoms with van der Waals surface area (Å²) >= 11 is -1.86. The number of allylic oxidation sites excluding steroid dienone is 3. The summed E-state index contributed by atoms with van der Waals surface area (Å²) in [7, 11) is 1.50. The molecule has 36 heavy (non-hydrogen) atoms. The largest absolute Gasteiger partial charge is 0.773 e. The first-order valence-corrected chi connectivity index (χ1v) is 13.1. The molecule has 1 fully saturated rings. The molecule has 8 nitrogen and oxygen atoms in total. The molecule has 196 valence electrons. The van der Waals surface area contributed by atoms with Crippen molar-refractivity contribution < 1.29 is 22.3 Å². The van der Waals surface area contributed by atoms with Crippen molar-refractivity contribution in [2.24, 2.45) is 4.99 Å². The number of amidine groups is 1. The molecule has 1 aromatic carbocycles. The summed E-state index contributed by atoms with van der Waals surface area (Å²) in [5.41, 5.74) is 0.917. The molecular formula is C25H32F2N5O3S-. The minimum absolute atomic E-state index is 0.0677. The Balaban J connectivity index is 0.00000106. The van der Waals surface area contributed by atoms with E-state index < -0.39 is 22.7 Å². The standard InChI is InChI=1S/C24H29F2N5O.CH4O2S/c1-4-5-18(22(26)14-30-15(2)31-17-6-9-28-10-7-17)16-12-20-19(24(32)27-3)8-11-29-23(20)21(25)13-16;1-4(2)3/h5,8,11-14,17,28H,4,6-7,9-10H2,1-3H3,(H,27,32)(H,30,31);1H3,(H,2,3)/p-1/b18-5+,22-14+;. The number of carbonyl (C=O) groups excluding carboxylic acids is 1. The molecule has 0 bridgehead atoms. The van der Waals surface area contributed by atoms with Crippen molar-refractivity contribution in [3.63, 3.8) is 0 Å². The SMILES string of the molecule is CC/C=C(/C(F)=C\NC(C)=NC1CCNCC1)c1cc(F)c2nccc(C(=O)NC)c2c1.CS(=O)[O-]. The fourth-order valence-electron chi connectivity index (χ4n) is 3.75. The molecule has 0 aliphatic carbocycles. The molecule has 1 aliphatic heterocycles. The van der Waals surface area contributed by atoms with Crippen molar-refractivity contribution in [1.29, 1.82) is 0 Å². The molecule has 11 heteroatoms. The Bertz CT molecular complexity index is 1170. The second-order valence-corrected chi connectivity index (χ2v) is 8.85. The lowest BCUT2D eigenvalue weighted by Gasteiger charge is -2.19. The van der Waals surface area contributed by atoms with E-state index in [9.17, 15) is 9.18 Å². The molecule has 0 spiro atoms. The van der Waals surface area contributed by atoms with Crippen LogP contribution in [0, 0.1) is 5.82 Å². The van der Waals surface area contributed by atoms with Gasteiger partial charge in [0.1, 0.15) is 17.2 Å². The highest BCUT2D eigenvalue weighted by Gasteiger charge is 2.17. The van der Waals surface area contributed by atoms with Gasteiger partial charge in [-0.1, -0.05) is 24.1 Å². The van der Waals surface area contributed by atoms with Gasteiger partial charge in [-0.25, -0.2) is 8.78 Å². The highest BCUT2D eigenvalue weighted by atomic mass is 32.2. The Hall–Kier alpha value is -3.02. The summed E-state index contributed by atoms with van der Waals surface area (Å²) < 4.78 is 48.0. The van der Waals surface area contributed by atoms with Crippen molar-refractivity contribution >= 4 is 39.3 Å². The minimum atomic E-state index is -1.86. The van der Waals surface area contributed by atoms with E-state index in [0.29, 0.717) is 23.2 Å². The number of nitrogens with zero attached hydrogens (tertiary/aromatic N) is 2. The van der Waals surface area contributed by atoms with Crippen LogP contribution in [-0.2, 0) is 11.1 Å². The van der Waals surface area contributed by atoms with Gasteiger partial charge in [-0.05, 0) is 69.3 Å². The number of carbonyl (C=O) groups is 1. The number of hydrogen-bond acceptors (Lipinski definition) is 6. The summed E-state index contributed by atoms with van der Waals surface area (Å²) in [6, 6.07) is 4.58. The summed E-state index contributed by atoms with van der Waals surface area (Å²) in [5, 5.41) is 9.06. The van der Waals surface area contributed by atoms with Crippen LogP contribution in [0.25, 0.3) is 16.5 Å². The Morgan fingerprint density at radius 2 is 2.03 bits per heavy atom. The monoisotopic (exact) mass is 520 g/mol. The Labute approximate surface area is 212 Å². The normalized spacial score (nSPS) is 16.2. The molecule has 1 aliphatic rings. The van der Waals surface area contributed by atoms with Gasteiger partial charge in [0.05, 0.1) is 17.4 Å². The van der Waals surface area contributed by atoms with Crippen LogP contribution in [0.15, 0.2) is 47.5 Å². The van der Waals surface area contributed by atoms with Crippen molar-refractivity contribution in [2.75, 3.05) is 26.4 Å². The highest BCUT2D eigenvalue weighted by Crippen LogP contribution is 2.30. The maximum atomic E-state index is 15.2. The molecule has 1 atom stereocenters. The third kappa shape index (κ3) is 8.58. The average molecular weight is 521 g/mol. The number of halogens is 2. The third-order valence-electron chi connectivity index (χ3n) is 5.34. The number of amides is 1. The summed E-state index contributed by atoms with van der Waals surface area (Å²) in [4.78, 5) is 20.9. The molecule has 1 saturated heterocycles. The van der Waals surface area contributed by atoms with Gasteiger partial charge < -0.3 is 20.5 Å². The van der Waals surface area contributed by atoms with Crippen molar-refractivity contribution in [2.45, 2.75) is 39.2 Å². The second kappa shape index (κ2) is 14.5. The van der Waals surface area contributed by atoms with E-state index in [4.69, 9.17) is 8.76 Å². The quantitative estimate of drug-likeness (QED) is 0.232. The lowest BCUT2D eigenvalue weighted by molar-refractivity contribution is 0.0964.